The van der Waals surface area contributed by atoms with E-state index in [9.17, 15) is 18.7 Å². The smallest absolute Gasteiger partial charge is 0.0423 e. The van der Waals surface area contributed by atoms with Crippen LogP contribution in [0.15, 0.2) is 0 Å². The highest BCUT2D eigenvalue weighted by Crippen LogP contribution is 1.78. The van der Waals surface area contributed by atoms with Gasteiger partial charge >= 0.3 is 0 Å². The second-order valence-corrected chi connectivity index (χ2v) is 2.15. The van der Waals surface area contributed by atoms with E-state index < -0.39 is 23.5 Å². The van der Waals surface area contributed by atoms with Crippen LogP contribution in [0.5, 0.6) is 0 Å². The number of carbonyl (C=O) groups is 1. The zero-order valence-corrected chi connectivity index (χ0v) is 4.77. The van der Waals surface area contributed by atoms with E-state index in [0.29, 0.717) is 0 Å². The van der Waals surface area contributed by atoms with Gasteiger partial charge in [0.15, 0.2) is 0 Å². The molecule has 0 radical (unpaired) electrons. The Morgan fingerprint density at radius 3 is 2.25 bits per heavy atom. The summed E-state index contributed by atoms with van der Waals surface area (Å²) in [5.74, 6) is -1.70. The van der Waals surface area contributed by atoms with Gasteiger partial charge in [0.2, 0.25) is 0 Å². The zero-order chi connectivity index (χ0) is 6.57. The number of hydrogen-bond donors (Lipinski definition) is 0. The second-order valence-electron chi connectivity index (χ2n) is 1.13. The van der Waals surface area contributed by atoms with Crippen LogP contribution in [0, 0.1) is 0 Å². The summed E-state index contributed by atoms with van der Waals surface area (Å²) >= 11 is -2.26. The van der Waals surface area contributed by atoms with E-state index in [-0.39, 0.29) is 5.75 Å². The molecule has 0 N–H and O–H groups in total. The number of carbonyl (C=O) groups excluding carboxylic acids is 1. The number of carboxylic acid groups (broad SMARTS) is 1. The van der Waals surface area contributed by atoms with Crippen LogP contribution in [-0.4, -0.2) is 20.5 Å². The lowest BCUT2D eigenvalue weighted by atomic mass is 10.5. The van der Waals surface area contributed by atoms with Crippen molar-refractivity contribution in [1.82, 2.24) is 0 Å². The molecule has 4 nitrogen and oxygen atoms in total. The first-order chi connectivity index (χ1) is 3.63. The molecule has 0 saturated carbocycles. The van der Waals surface area contributed by atoms with Crippen LogP contribution < -0.4 is 5.11 Å². The van der Waals surface area contributed by atoms with Crippen molar-refractivity contribution in [3.63, 3.8) is 0 Å². The Kier molecular flexibility index (Phi) is 3.38. The Hall–Kier alpha value is -0.420. The first-order valence-corrected chi connectivity index (χ1v) is 3.13. The maximum Gasteiger partial charge on any atom is 0.0423 e. The lowest BCUT2D eigenvalue weighted by Gasteiger charge is -2.03. The summed E-state index contributed by atoms with van der Waals surface area (Å²) in [4.78, 5) is 9.52. The van der Waals surface area contributed by atoms with Crippen LogP contribution in [0.2, 0.25) is 0 Å². The van der Waals surface area contributed by atoms with Gasteiger partial charge in [-0.25, -0.2) is 0 Å². The van der Waals surface area contributed by atoms with E-state index in [4.69, 9.17) is 0 Å². The van der Waals surface area contributed by atoms with Gasteiger partial charge in [-0.1, -0.05) is 11.1 Å². The molecular formula is C3H4O4S-2. The molecule has 0 aliphatic heterocycles. The average Bonchev–Trinajstić information content (AvgIpc) is 1.61. The Morgan fingerprint density at radius 2 is 2.12 bits per heavy atom. The van der Waals surface area contributed by atoms with Gasteiger partial charge in [0.1, 0.15) is 0 Å². The zero-order valence-electron chi connectivity index (χ0n) is 3.96. The largest absolute Gasteiger partial charge is 0.772 e. The number of carboxylic acids is 1. The maximum absolute atomic E-state index is 9.61. The summed E-state index contributed by atoms with van der Waals surface area (Å²) in [7, 11) is 0. The van der Waals surface area contributed by atoms with Crippen molar-refractivity contribution >= 4 is 17.0 Å². The number of hydrogen-bond acceptors (Lipinski definition) is 4. The standard InChI is InChI=1S/C3H6O4S/c4-3(5)1-2-8(6)7/h1-2H2,(H,4,5)(H,6,7)/p-2. The van der Waals surface area contributed by atoms with Crippen molar-refractivity contribution in [2.75, 3.05) is 5.75 Å². The Bertz CT molecular complexity index is 95.9. The third-order valence-electron chi connectivity index (χ3n) is 0.473. The molecule has 0 fully saturated rings. The van der Waals surface area contributed by atoms with Crippen LogP contribution >= 0.6 is 0 Å². The molecule has 0 aromatic rings. The normalized spacial score (nSPS) is 13.1. The van der Waals surface area contributed by atoms with Gasteiger partial charge < -0.3 is 14.5 Å². The monoisotopic (exact) mass is 136 g/mol. The van der Waals surface area contributed by atoms with Crippen LogP contribution in [0.3, 0.4) is 0 Å². The van der Waals surface area contributed by atoms with E-state index in [1.165, 1.54) is 0 Å². The summed E-state index contributed by atoms with van der Waals surface area (Å²) in [6.45, 7) is 0. The van der Waals surface area contributed by atoms with E-state index >= 15 is 0 Å². The maximum atomic E-state index is 9.61. The highest BCUT2D eigenvalue weighted by molar-refractivity contribution is 7.79. The van der Waals surface area contributed by atoms with E-state index in [1.54, 1.807) is 0 Å². The Morgan fingerprint density at radius 1 is 1.62 bits per heavy atom. The molecule has 0 spiro atoms. The molecular weight excluding hydrogens is 132 g/mol. The van der Waals surface area contributed by atoms with Crippen LogP contribution in [0.4, 0.5) is 0 Å². The SMILES string of the molecule is O=C([O-])CCS(=O)[O-]. The quantitative estimate of drug-likeness (QED) is 0.420. The Labute approximate surface area is 48.8 Å². The highest BCUT2D eigenvalue weighted by Gasteiger charge is 1.84. The van der Waals surface area contributed by atoms with E-state index in [0.717, 1.165) is 0 Å². The molecule has 0 aliphatic rings. The molecule has 0 aliphatic carbocycles. The fourth-order valence-electron chi connectivity index (χ4n) is 0.167. The van der Waals surface area contributed by atoms with Gasteiger partial charge in [0.05, 0.1) is 0 Å². The molecule has 0 heterocycles. The first-order valence-electron chi connectivity index (χ1n) is 1.88. The Balaban J connectivity index is 3.18. The van der Waals surface area contributed by atoms with Crippen LogP contribution in [0.25, 0.3) is 0 Å². The van der Waals surface area contributed by atoms with Crippen LogP contribution in [0.1, 0.15) is 6.42 Å². The molecule has 0 aromatic carbocycles. The molecule has 0 saturated heterocycles. The summed E-state index contributed by atoms with van der Waals surface area (Å²) in [6.07, 6.45) is -0.421. The van der Waals surface area contributed by atoms with Crippen molar-refractivity contribution in [2.45, 2.75) is 6.42 Å². The summed E-state index contributed by atoms with van der Waals surface area (Å²) in [5.41, 5.74) is 0. The van der Waals surface area contributed by atoms with E-state index in [2.05, 4.69) is 0 Å². The molecule has 8 heavy (non-hydrogen) atoms. The molecule has 48 valence electrons. The average molecular weight is 136 g/mol. The number of aliphatic carboxylic acids is 1. The lowest BCUT2D eigenvalue weighted by Crippen LogP contribution is -2.23. The highest BCUT2D eigenvalue weighted by atomic mass is 32.2. The fraction of sp³-hybridized carbons (Fsp3) is 0.667. The predicted molar refractivity (Wildman–Crippen MR) is 23.4 cm³/mol. The van der Waals surface area contributed by atoms with Crippen molar-refractivity contribution in [3.8, 4) is 0 Å². The minimum absolute atomic E-state index is 0.359. The summed E-state index contributed by atoms with van der Waals surface area (Å²) < 4.78 is 19.2. The minimum Gasteiger partial charge on any atom is -0.772 e. The molecule has 0 bridgehead atoms. The van der Waals surface area contributed by atoms with Gasteiger partial charge in [0.25, 0.3) is 0 Å². The van der Waals surface area contributed by atoms with Crippen molar-refractivity contribution in [3.05, 3.63) is 0 Å². The predicted octanol–water partition coefficient (Wildman–Crippen LogP) is -1.99. The molecule has 0 aromatic heterocycles. The van der Waals surface area contributed by atoms with Crippen molar-refractivity contribution in [2.24, 2.45) is 0 Å². The molecule has 0 amide bonds. The third-order valence-corrected chi connectivity index (χ3v) is 1.01. The van der Waals surface area contributed by atoms with Gasteiger partial charge in [-0.15, -0.1) is 0 Å². The topological polar surface area (TPSA) is 80.3 Å². The van der Waals surface area contributed by atoms with Gasteiger partial charge in [-0.05, 0) is 6.42 Å². The fourth-order valence-corrected chi connectivity index (χ4v) is 0.500. The summed E-state index contributed by atoms with van der Waals surface area (Å²) in [5, 5.41) is 9.52. The third kappa shape index (κ3) is 5.58. The van der Waals surface area contributed by atoms with Crippen LogP contribution in [-0.2, 0) is 15.9 Å². The number of rotatable bonds is 3. The molecule has 0 rings (SSSR count). The molecule has 5 heteroatoms. The second kappa shape index (κ2) is 3.57. The minimum atomic E-state index is -2.26. The molecule has 1 atom stereocenters. The van der Waals surface area contributed by atoms with Gasteiger partial charge in [-0.3, -0.25) is 4.21 Å². The first kappa shape index (κ1) is 7.58. The van der Waals surface area contributed by atoms with Gasteiger partial charge in [0, 0.05) is 11.7 Å². The van der Waals surface area contributed by atoms with Crippen molar-refractivity contribution < 1.29 is 18.7 Å². The van der Waals surface area contributed by atoms with Gasteiger partial charge in [-0.2, -0.15) is 0 Å². The molecule has 1 unspecified atom stereocenters. The van der Waals surface area contributed by atoms with E-state index in [1.807, 2.05) is 0 Å². The lowest BCUT2D eigenvalue weighted by molar-refractivity contribution is -0.305. The van der Waals surface area contributed by atoms with Crippen molar-refractivity contribution in [1.29, 1.82) is 0 Å². The summed E-state index contributed by atoms with van der Waals surface area (Å²) in [6, 6.07) is 0.